The van der Waals surface area contributed by atoms with Crippen molar-refractivity contribution in [1.29, 1.82) is 0 Å². The molecule has 0 saturated carbocycles. The Bertz CT molecular complexity index is 593. The van der Waals surface area contributed by atoms with Crippen LogP contribution in [-0.2, 0) is 11.2 Å². The van der Waals surface area contributed by atoms with Gasteiger partial charge in [0.1, 0.15) is 0 Å². The van der Waals surface area contributed by atoms with Gasteiger partial charge in [-0.2, -0.15) is 4.57 Å². The van der Waals surface area contributed by atoms with E-state index >= 15 is 0 Å². The molecule has 21 heavy (non-hydrogen) atoms. The number of ether oxygens (including phenoxy) is 1. The van der Waals surface area contributed by atoms with Crippen LogP contribution >= 0.6 is 0 Å². The van der Waals surface area contributed by atoms with E-state index in [9.17, 15) is 4.79 Å². The largest absolute Gasteiger partial charge is 0.399 e. The molecule has 1 unspecified atom stereocenters. The summed E-state index contributed by atoms with van der Waals surface area (Å²) in [6.07, 6.45) is 4.65. The molecule has 0 fully saturated rings. The summed E-state index contributed by atoms with van der Waals surface area (Å²) >= 11 is 0. The molecular formula is C18H22NO2+. The van der Waals surface area contributed by atoms with Crippen LogP contribution in [0.1, 0.15) is 42.9 Å². The van der Waals surface area contributed by atoms with E-state index in [0.29, 0.717) is 5.56 Å². The van der Waals surface area contributed by atoms with Crippen LogP contribution in [0.25, 0.3) is 0 Å². The highest BCUT2D eigenvalue weighted by molar-refractivity contribution is 5.89. The van der Waals surface area contributed by atoms with Crippen molar-refractivity contribution >= 4 is 5.97 Å². The smallest absolute Gasteiger partial charge is 0.343 e. The fourth-order valence-electron chi connectivity index (χ4n) is 2.20. The van der Waals surface area contributed by atoms with Crippen LogP contribution in [-0.4, -0.2) is 5.97 Å². The maximum absolute atomic E-state index is 12.3. The average Bonchev–Trinajstić information content (AvgIpc) is 2.53. The van der Waals surface area contributed by atoms with Gasteiger partial charge in [0.2, 0.25) is 0 Å². The first kappa shape index (κ1) is 15.2. The topological polar surface area (TPSA) is 30.2 Å². The normalized spacial score (nSPS) is 12.2. The molecule has 3 heteroatoms. The van der Waals surface area contributed by atoms with Crippen molar-refractivity contribution in [2.45, 2.75) is 33.4 Å². The van der Waals surface area contributed by atoms with Gasteiger partial charge in [-0.05, 0) is 24.6 Å². The Morgan fingerprint density at radius 1 is 1.14 bits per heavy atom. The number of esters is 1. The summed E-state index contributed by atoms with van der Waals surface area (Å²) in [6, 6.07) is 13.2. The van der Waals surface area contributed by atoms with Gasteiger partial charge >= 0.3 is 12.2 Å². The van der Waals surface area contributed by atoms with Crippen molar-refractivity contribution < 1.29 is 14.1 Å². The third-order valence-corrected chi connectivity index (χ3v) is 3.39. The van der Waals surface area contributed by atoms with Gasteiger partial charge in [0.25, 0.3) is 0 Å². The first-order chi connectivity index (χ1) is 10.1. The molecule has 1 aromatic heterocycles. The maximum atomic E-state index is 12.3. The Morgan fingerprint density at radius 2 is 1.86 bits per heavy atom. The minimum absolute atomic E-state index is 0.190. The van der Waals surface area contributed by atoms with E-state index < -0.39 is 0 Å². The van der Waals surface area contributed by atoms with Crippen molar-refractivity contribution in [3.05, 3.63) is 66.0 Å². The van der Waals surface area contributed by atoms with E-state index in [1.165, 1.54) is 5.56 Å². The molecule has 0 aliphatic carbocycles. The summed E-state index contributed by atoms with van der Waals surface area (Å²) in [5.74, 6) is -0.0986. The molecule has 110 valence electrons. The molecule has 0 amide bonds. The molecule has 0 aliphatic heterocycles. The number of hydrogen-bond donors (Lipinski definition) is 0. The van der Waals surface area contributed by atoms with Gasteiger partial charge in [0, 0.05) is 11.6 Å². The molecule has 1 aromatic carbocycles. The monoisotopic (exact) mass is 284 g/mol. The molecule has 3 nitrogen and oxygen atoms in total. The summed E-state index contributed by atoms with van der Waals surface area (Å²) in [6.45, 7) is 6.21. The van der Waals surface area contributed by atoms with Crippen molar-refractivity contribution in [3.63, 3.8) is 0 Å². The Balaban J connectivity index is 2.21. The number of carbonyl (C=O) groups is 1. The average molecular weight is 284 g/mol. The number of rotatable bonds is 5. The first-order valence-corrected chi connectivity index (χ1v) is 7.37. The number of carbonyl (C=O) groups excluding carboxylic acids is 1. The van der Waals surface area contributed by atoms with E-state index in [1.807, 2.05) is 41.2 Å². The summed E-state index contributed by atoms with van der Waals surface area (Å²) < 4.78 is 7.68. The molecule has 0 radical (unpaired) electrons. The van der Waals surface area contributed by atoms with Gasteiger partial charge in [-0.1, -0.05) is 39.0 Å². The van der Waals surface area contributed by atoms with Crippen LogP contribution in [0.15, 0.2) is 54.9 Å². The van der Waals surface area contributed by atoms with Crippen LogP contribution in [0.5, 0.6) is 0 Å². The van der Waals surface area contributed by atoms with E-state index in [1.54, 1.807) is 12.1 Å². The lowest BCUT2D eigenvalue weighted by atomic mass is 10.1. The molecule has 0 spiro atoms. The van der Waals surface area contributed by atoms with Crippen LogP contribution in [0.3, 0.4) is 0 Å². The zero-order valence-electron chi connectivity index (χ0n) is 12.8. The third kappa shape index (κ3) is 3.91. The highest BCUT2D eigenvalue weighted by Crippen LogP contribution is 2.15. The zero-order chi connectivity index (χ0) is 15.2. The Morgan fingerprint density at radius 3 is 2.48 bits per heavy atom. The fraction of sp³-hybridized carbons (Fsp3) is 0.333. The van der Waals surface area contributed by atoms with E-state index in [2.05, 4.69) is 26.8 Å². The molecule has 2 aromatic rings. The summed E-state index contributed by atoms with van der Waals surface area (Å²) in [5, 5.41) is 0. The standard InChI is InChI=1S/C18H22NO2/c1-4-15-9-8-12-19(13-15)17(14(2)3)21-18(20)16-10-6-5-7-11-16/h5-14,17H,4H2,1-3H3/q+1. The highest BCUT2D eigenvalue weighted by atomic mass is 16.6. The van der Waals surface area contributed by atoms with E-state index in [-0.39, 0.29) is 18.1 Å². The van der Waals surface area contributed by atoms with Crippen molar-refractivity contribution in [1.82, 2.24) is 0 Å². The number of aryl methyl sites for hydroxylation is 1. The van der Waals surface area contributed by atoms with Crippen LogP contribution in [0.4, 0.5) is 0 Å². The summed E-state index contributed by atoms with van der Waals surface area (Å²) in [7, 11) is 0. The summed E-state index contributed by atoms with van der Waals surface area (Å²) in [5.41, 5.74) is 1.80. The third-order valence-electron chi connectivity index (χ3n) is 3.39. The predicted molar refractivity (Wildman–Crippen MR) is 81.7 cm³/mol. The van der Waals surface area contributed by atoms with Gasteiger partial charge in [0.05, 0.1) is 11.5 Å². The lowest BCUT2D eigenvalue weighted by molar-refractivity contribution is -0.763. The number of benzene rings is 1. The lowest BCUT2D eigenvalue weighted by Crippen LogP contribution is -2.44. The first-order valence-electron chi connectivity index (χ1n) is 7.37. The Labute approximate surface area is 126 Å². The second-order valence-corrected chi connectivity index (χ2v) is 5.42. The van der Waals surface area contributed by atoms with E-state index in [0.717, 1.165) is 6.42 Å². The van der Waals surface area contributed by atoms with E-state index in [4.69, 9.17) is 4.74 Å². The fourth-order valence-corrected chi connectivity index (χ4v) is 2.20. The molecular weight excluding hydrogens is 262 g/mol. The van der Waals surface area contributed by atoms with Gasteiger partial charge in [-0.3, -0.25) is 0 Å². The van der Waals surface area contributed by atoms with Gasteiger partial charge in [-0.15, -0.1) is 0 Å². The molecule has 1 heterocycles. The molecule has 0 saturated heterocycles. The molecule has 1 atom stereocenters. The summed E-state index contributed by atoms with van der Waals surface area (Å²) in [4.78, 5) is 12.3. The minimum atomic E-state index is -0.302. The van der Waals surface area contributed by atoms with Crippen LogP contribution in [0.2, 0.25) is 0 Å². The molecule has 2 rings (SSSR count). The predicted octanol–water partition coefficient (Wildman–Crippen LogP) is 3.55. The van der Waals surface area contributed by atoms with Crippen LogP contribution in [0, 0.1) is 5.92 Å². The van der Waals surface area contributed by atoms with Crippen molar-refractivity contribution in [3.8, 4) is 0 Å². The van der Waals surface area contributed by atoms with Crippen LogP contribution < -0.4 is 4.57 Å². The van der Waals surface area contributed by atoms with Gasteiger partial charge in [-0.25, -0.2) is 4.79 Å². The SMILES string of the molecule is CCc1ccc[n+](C(OC(=O)c2ccccc2)C(C)C)c1. The molecule has 0 bridgehead atoms. The van der Waals surface area contributed by atoms with Gasteiger partial charge in [0.15, 0.2) is 12.4 Å². The minimum Gasteiger partial charge on any atom is -0.399 e. The number of aromatic nitrogens is 1. The Kier molecular flexibility index (Phi) is 5.09. The lowest BCUT2D eigenvalue weighted by Gasteiger charge is -2.17. The number of pyridine rings is 1. The second kappa shape index (κ2) is 7.02. The van der Waals surface area contributed by atoms with Gasteiger partial charge < -0.3 is 4.74 Å². The molecule has 0 N–H and O–H groups in total. The van der Waals surface area contributed by atoms with Crippen molar-refractivity contribution in [2.75, 3.05) is 0 Å². The number of nitrogens with zero attached hydrogens (tertiary/aromatic N) is 1. The zero-order valence-corrected chi connectivity index (χ0v) is 12.8. The number of hydrogen-bond acceptors (Lipinski definition) is 2. The maximum Gasteiger partial charge on any atom is 0.343 e. The molecule has 0 aliphatic rings. The quantitative estimate of drug-likeness (QED) is 0.621. The second-order valence-electron chi connectivity index (χ2n) is 5.42. The highest BCUT2D eigenvalue weighted by Gasteiger charge is 2.27. The van der Waals surface area contributed by atoms with Crippen molar-refractivity contribution in [2.24, 2.45) is 5.92 Å². The Hall–Kier alpha value is -2.16.